The molecule has 28 heavy (non-hydrogen) atoms. The lowest BCUT2D eigenvalue weighted by Gasteiger charge is -2.37. The van der Waals surface area contributed by atoms with Crippen LogP contribution in [0, 0.1) is 11.8 Å². The van der Waals surface area contributed by atoms with E-state index in [1.54, 1.807) is 12.1 Å². The monoisotopic (exact) mass is 396 g/mol. The first-order valence-corrected chi connectivity index (χ1v) is 10.0. The second-order valence-corrected chi connectivity index (χ2v) is 7.91. The molecule has 2 fully saturated rings. The number of hydrogen-bond acceptors (Lipinski definition) is 3. The summed E-state index contributed by atoms with van der Waals surface area (Å²) in [4.78, 5) is 11.3. The van der Waals surface area contributed by atoms with Gasteiger partial charge in [-0.05, 0) is 86.8 Å². The van der Waals surface area contributed by atoms with E-state index in [4.69, 9.17) is 4.74 Å². The largest absolute Gasteiger partial charge is 0.573 e. The predicted molar refractivity (Wildman–Crippen MR) is 99.9 cm³/mol. The molecule has 2 aliphatic rings. The minimum Gasteiger partial charge on any atom is -0.459 e. The number of esters is 1. The van der Waals surface area contributed by atoms with E-state index in [-0.39, 0.29) is 17.8 Å². The van der Waals surface area contributed by atoms with Crippen molar-refractivity contribution < 1.29 is 27.4 Å². The summed E-state index contributed by atoms with van der Waals surface area (Å²) >= 11 is 0. The fourth-order valence-electron chi connectivity index (χ4n) is 4.76. The standard InChI is InChI=1S/C22H27F3O3/c1-2-21(26)27-19-11-7-17(8-12-19)15-3-5-16(6-4-15)18-9-13-20(14-10-18)28-22(23,24)25/h2,9-10,13-17,19H,1,3-8,11-12H2. The molecule has 0 amide bonds. The zero-order valence-corrected chi connectivity index (χ0v) is 15.9. The van der Waals surface area contributed by atoms with Crippen molar-refractivity contribution in [1.82, 2.24) is 0 Å². The summed E-state index contributed by atoms with van der Waals surface area (Å²) in [5.41, 5.74) is 1.09. The lowest BCUT2D eigenvalue weighted by molar-refractivity contribution is -0.274. The van der Waals surface area contributed by atoms with Gasteiger partial charge < -0.3 is 9.47 Å². The van der Waals surface area contributed by atoms with Crippen LogP contribution < -0.4 is 4.74 Å². The van der Waals surface area contributed by atoms with E-state index in [1.807, 2.05) is 0 Å². The summed E-state index contributed by atoms with van der Waals surface area (Å²) < 4.78 is 46.1. The number of benzene rings is 1. The van der Waals surface area contributed by atoms with Gasteiger partial charge >= 0.3 is 12.3 Å². The van der Waals surface area contributed by atoms with Crippen molar-refractivity contribution >= 4 is 5.97 Å². The normalized spacial score (nSPS) is 28.4. The van der Waals surface area contributed by atoms with Gasteiger partial charge in [-0.3, -0.25) is 0 Å². The quantitative estimate of drug-likeness (QED) is 0.442. The Bertz CT molecular complexity index is 653. The van der Waals surface area contributed by atoms with Crippen molar-refractivity contribution in [3.8, 4) is 5.75 Å². The molecule has 0 spiro atoms. The first kappa shape index (κ1) is 20.7. The number of alkyl halides is 3. The highest BCUT2D eigenvalue weighted by molar-refractivity contribution is 5.81. The van der Waals surface area contributed by atoms with Crippen LogP contribution in [-0.2, 0) is 9.53 Å². The van der Waals surface area contributed by atoms with Gasteiger partial charge in [-0.1, -0.05) is 18.7 Å². The molecule has 0 aliphatic heterocycles. The molecule has 0 saturated heterocycles. The van der Waals surface area contributed by atoms with Gasteiger partial charge in [0.25, 0.3) is 0 Å². The molecule has 3 rings (SSSR count). The van der Waals surface area contributed by atoms with Crippen LogP contribution in [0.4, 0.5) is 13.2 Å². The summed E-state index contributed by atoms with van der Waals surface area (Å²) in [5.74, 6) is 1.28. The van der Waals surface area contributed by atoms with Gasteiger partial charge in [-0.2, -0.15) is 0 Å². The maximum absolute atomic E-state index is 12.3. The average molecular weight is 396 g/mol. The highest BCUT2D eigenvalue weighted by Gasteiger charge is 2.33. The van der Waals surface area contributed by atoms with Gasteiger partial charge in [-0.15, -0.1) is 13.2 Å². The van der Waals surface area contributed by atoms with Crippen LogP contribution in [0.2, 0.25) is 0 Å². The number of hydrogen-bond donors (Lipinski definition) is 0. The molecular formula is C22H27F3O3. The Labute approximate surface area is 163 Å². The summed E-state index contributed by atoms with van der Waals surface area (Å²) in [7, 11) is 0. The summed E-state index contributed by atoms with van der Waals surface area (Å²) in [6.07, 6.45) is 5.04. The number of halogens is 3. The van der Waals surface area contributed by atoms with Crippen molar-refractivity contribution in [1.29, 1.82) is 0 Å². The van der Waals surface area contributed by atoms with Crippen molar-refractivity contribution in [2.45, 2.75) is 69.8 Å². The Balaban J connectivity index is 1.45. The van der Waals surface area contributed by atoms with Gasteiger partial charge in [-0.25, -0.2) is 4.79 Å². The van der Waals surface area contributed by atoms with E-state index in [0.717, 1.165) is 56.9 Å². The van der Waals surface area contributed by atoms with Crippen molar-refractivity contribution in [3.63, 3.8) is 0 Å². The lowest BCUT2D eigenvalue weighted by atomic mass is 9.69. The Morgan fingerprint density at radius 2 is 1.46 bits per heavy atom. The van der Waals surface area contributed by atoms with Crippen LogP contribution in [0.5, 0.6) is 5.75 Å². The van der Waals surface area contributed by atoms with Crippen molar-refractivity contribution in [2.75, 3.05) is 0 Å². The third-order valence-corrected chi connectivity index (χ3v) is 6.19. The third-order valence-electron chi connectivity index (χ3n) is 6.19. The molecule has 6 heteroatoms. The second-order valence-electron chi connectivity index (χ2n) is 7.91. The van der Waals surface area contributed by atoms with E-state index >= 15 is 0 Å². The summed E-state index contributed by atoms with van der Waals surface area (Å²) in [5, 5.41) is 0. The van der Waals surface area contributed by atoms with Gasteiger partial charge in [0.05, 0.1) is 0 Å². The van der Waals surface area contributed by atoms with Crippen molar-refractivity contribution in [3.05, 3.63) is 42.5 Å². The van der Waals surface area contributed by atoms with E-state index < -0.39 is 6.36 Å². The molecule has 0 aromatic heterocycles. The fourth-order valence-corrected chi connectivity index (χ4v) is 4.76. The summed E-state index contributed by atoms with van der Waals surface area (Å²) in [6.45, 7) is 3.44. The van der Waals surface area contributed by atoms with Crippen LogP contribution in [-0.4, -0.2) is 18.4 Å². The Morgan fingerprint density at radius 3 is 1.96 bits per heavy atom. The van der Waals surface area contributed by atoms with Gasteiger partial charge in [0.1, 0.15) is 11.9 Å². The van der Waals surface area contributed by atoms with Crippen LogP contribution >= 0.6 is 0 Å². The second kappa shape index (κ2) is 9.01. The van der Waals surface area contributed by atoms with Gasteiger partial charge in [0.2, 0.25) is 0 Å². The molecule has 1 aromatic carbocycles. The van der Waals surface area contributed by atoms with Crippen LogP contribution in [0.15, 0.2) is 36.9 Å². The van der Waals surface area contributed by atoms with Crippen LogP contribution in [0.1, 0.15) is 62.8 Å². The van der Waals surface area contributed by atoms with Gasteiger partial charge in [0, 0.05) is 6.08 Å². The van der Waals surface area contributed by atoms with Crippen molar-refractivity contribution in [2.24, 2.45) is 11.8 Å². The zero-order valence-electron chi connectivity index (χ0n) is 15.9. The molecule has 154 valence electrons. The van der Waals surface area contributed by atoms with E-state index in [2.05, 4.69) is 11.3 Å². The number of carbonyl (C=O) groups is 1. The van der Waals surface area contributed by atoms with E-state index in [9.17, 15) is 18.0 Å². The minimum atomic E-state index is -4.65. The zero-order chi connectivity index (χ0) is 20.1. The first-order valence-electron chi connectivity index (χ1n) is 10.0. The summed E-state index contributed by atoms with van der Waals surface area (Å²) in [6, 6.07) is 6.32. The fraction of sp³-hybridized carbons (Fsp3) is 0.591. The Morgan fingerprint density at radius 1 is 0.929 bits per heavy atom. The molecule has 0 atom stereocenters. The lowest BCUT2D eigenvalue weighted by Crippen LogP contribution is -2.29. The highest BCUT2D eigenvalue weighted by Crippen LogP contribution is 2.43. The molecule has 0 N–H and O–H groups in total. The maximum atomic E-state index is 12.3. The third kappa shape index (κ3) is 5.76. The minimum absolute atomic E-state index is 0.0236. The Hall–Kier alpha value is -1.98. The first-order chi connectivity index (χ1) is 13.3. The number of carbonyl (C=O) groups excluding carboxylic acids is 1. The van der Waals surface area contributed by atoms with Gasteiger partial charge in [0.15, 0.2) is 0 Å². The van der Waals surface area contributed by atoms with Crippen LogP contribution in [0.25, 0.3) is 0 Å². The number of rotatable bonds is 5. The molecule has 0 heterocycles. The molecule has 0 bridgehead atoms. The molecule has 3 nitrogen and oxygen atoms in total. The Kier molecular flexibility index (Phi) is 6.68. The molecular weight excluding hydrogens is 369 g/mol. The molecule has 1 aromatic rings. The van der Waals surface area contributed by atoms with E-state index in [1.165, 1.54) is 18.2 Å². The molecule has 2 aliphatic carbocycles. The molecule has 2 saturated carbocycles. The molecule has 0 unspecified atom stereocenters. The van der Waals surface area contributed by atoms with Crippen LogP contribution in [0.3, 0.4) is 0 Å². The smallest absolute Gasteiger partial charge is 0.459 e. The topological polar surface area (TPSA) is 35.5 Å². The number of ether oxygens (including phenoxy) is 2. The predicted octanol–water partition coefficient (Wildman–Crippen LogP) is 6.15. The average Bonchev–Trinajstić information content (AvgIpc) is 2.68. The SMILES string of the molecule is C=CC(=O)OC1CCC(C2CCC(c3ccc(OC(F)(F)F)cc3)CC2)CC1. The maximum Gasteiger partial charge on any atom is 0.573 e. The molecule has 0 radical (unpaired) electrons. The highest BCUT2D eigenvalue weighted by atomic mass is 19.4. The van der Waals surface area contributed by atoms with E-state index in [0.29, 0.717) is 17.8 Å².